The van der Waals surface area contributed by atoms with Crippen molar-refractivity contribution in [1.29, 1.82) is 0 Å². The van der Waals surface area contributed by atoms with Gasteiger partial charge in [-0.1, -0.05) is 89.5 Å². The van der Waals surface area contributed by atoms with Gasteiger partial charge in [0.05, 0.1) is 0 Å². The molecular formula is C30H24O3. The summed E-state index contributed by atoms with van der Waals surface area (Å²) in [6, 6.07) is 26.5. The van der Waals surface area contributed by atoms with Gasteiger partial charge in [0.25, 0.3) is 0 Å². The number of hydrogen-bond donors (Lipinski definition) is 0. The Kier molecular flexibility index (Phi) is 6.14. The maximum Gasteiger partial charge on any atom is 0.193 e. The van der Waals surface area contributed by atoms with E-state index < -0.39 is 0 Å². The van der Waals surface area contributed by atoms with Crippen molar-refractivity contribution in [3.63, 3.8) is 0 Å². The molecular weight excluding hydrogens is 408 g/mol. The molecule has 0 amide bonds. The molecule has 162 valence electrons. The van der Waals surface area contributed by atoms with Crippen molar-refractivity contribution in [2.24, 2.45) is 0 Å². The van der Waals surface area contributed by atoms with E-state index in [1.54, 1.807) is 54.6 Å². The van der Waals surface area contributed by atoms with Gasteiger partial charge in [0.15, 0.2) is 17.3 Å². The van der Waals surface area contributed by atoms with Gasteiger partial charge in [0.2, 0.25) is 0 Å². The molecule has 3 heteroatoms. The van der Waals surface area contributed by atoms with Crippen LogP contribution in [-0.2, 0) is 0 Å². The molecule has 4 rings (SSSR count). The zero-order valence-electron chi connectivity index (χ0n) is 18.9. The highest BCUT2D eigenvalue weighted by molar-refractivity contribution is 6.17. The van der Waals surface area contributed by atoms with Crippen LogP contribution in [0.2, 0.25) is 0 Å². The van der Waals surface area contributed by atoms with E-state index in [-0.39, 0.29) is 17.3 Å². The van der Waals surface area contributed by atoms with E-state index in [4.69, 9.17) is 0 Å². The zero-order chi connectivity index (χ0) is 23.5. The first-order chi connectivity index (χ1) is 15.8. The Labute approximate surface area is 193 Å². The van der Waals surface area contributed by atoms with Crippen LogP contribution in [0.15, 0.2) is 91.0 Å². The van der Waals surface area contributed by atoms with E-state index >= 15 is 0 Å². The van der Waals surface area contributed by atoms with E-state index in [0.717, 1.165) is 16.7 Å². The highest BCUT2D eigenvalue weighted by atomic mass is 16.1. The quantitative estimate of drug-likeness (QED) is 0.336. The zero-order valence-corrected chi connectivity index (χ0v) is 18.9. The molecule has 0 N–H and O–H groups in total. The average Bonchev–Trinajstić information content (AvgIpc) is 2.84. The first kappa shape index (κ1) is 22.1. The van der Waals surface area contributed by atoms with Crippen LogP contribution < -0.4 is 0 Å². The fourth-order valence-electron chi connectivity index (χ4n) is 3.64. The molecule has 0 atom stereocenters. The summed E-state index contributed by atoms with van der Waals surface area (Å²) in [4.78, 5) is 39.7. The molecule has 4 aromatic rings. The molecule has 0 saturated heterocycles. The minimum atomic E-state index is -0.230. The molecule has 0 bridgehead atoms. The molecule has 0 fully saturated rings. The number of benzene rings is 4. The van der Waals surface area contributed by atoms with Crippen LogP contribution in [-0.4, -0.2) is 17.3 Å². The number of aryl methyl sites for hydroxylation is 3. The van der Waals surface area contributed by atoms with E-state index in [1.165, 1.54) is 0 Å². The number of ketones is 3. The van der Waals surface area contributed by atoms with Crippen molar-refractivity contribution in [3.05, 3.63) is 141 Å². The van der Waals surface area contributed by atoms with Crippen molar-refractivity contribution in [3.8, 4) is 0 Å². The molecule has 0 aromatic heterocycles. The van der Waals surface area contributed by atoms with Crippen molar-refractivity contribution in [1.82, 2.24) is 0 Å². The Morgan fingerprint density at radius 2 is 0.576 bits per heavy atom. The van der Waals surface area contributed by atoms with Crippen molar-refractivity contribution >= 4 is 17.3 Å². The Balaban J connectivity index is 1.81. The molecule has 33 heavy (non-hydrogen) atoms. The lowest BCUT2D eigenvalue weighted by Crippen LogP contribution is -2.10. The Hall–Kier alpha value is -4.11. The summed E-state index contributed by atoms with van der Waals surface area (Å²) in [6.45, 7) is 5.86. The van der Waals surface area contributed by atoms with Crippen LogP contribution in [0.5, 0.6) is 0 Å². The van der Waals surface area contributed by atoms with Gasteiger partial charge in [0.1, 0.15) is 0 Å². The highest BCUT2D eigenvalue weighted by Gasteiger charge is 2.19. The fraction of sp³-hybridized carbons (Fsp3) is 0.100. The van der Waals surface area contributed by atoms with Crippen LogP contribution in [0.3, 0.4) is 0 Å². The predicted molar refractivity (Wildman–Crippen MR) is 130 cm³/mol. The molecule has 4 aromatic carbocycles. The topological polar surface area (TPSA) is 51.2 Å². The molecule has 0 aliphatic carbocycles. The van der Waals surface area contributed by atoms with Gasteiger partial charge in [-0.2, -0.15) is 0 Å². The number of carbonyl (C=O) groups is 3. The summed E-state index contributed by atoms with van der Waals surface area (Å²) >= 11 is 0. The van der Waals surface area contributed by atoms with E-state index in [1.807, 2.05) is 57.2 Å². The van der Waals surface area contributed by atoms with Crippen LogP contribution in [0.1, 0.15) is 64.5 Å². The Morgan fingerprint density at radius 1 is 0.364 bits per heavy atom. The Morgan fingerprint density at radius 3 is 0.788 bits per heavy atom. The molecule has 0 unspecified atom stereocenters. The first-order valence-corrected chi connectivity index (χ1v) is 10.8. The molecule has 0 aliphatic heterocycles. The van der Waals surface area contributed by atoms with Crippen LogP contribution in [0, 0.1) is 20.8 Å². The monoisotopic (exact) mass is 432 g/mol. The second-order valence-corrected chi connectivity index (χ2v) is 8.38. The van der Waals surface area contributed by atoms with Gasteiger partial charge in [-0.05, 0) is 39.0 Å². The Bertz CT molecular complexity index is 1160. The molecule has 0 heterocycles. The number of hydrogen-bond acceptors (Lipinski definition) is 3. The standard InChI is InChI=1S/C30H24O3/c1-19-4-10-22(11-5-19)28(31)25-16-26(29(32)23-12-6-20(2)7-13-23)18-27(17-25)30(33)24-14-8-21(3)9-15-24/h4-18H,1-3H3. The van der Waals surface area contributed by atoms with Crippen LogP contribution in [0.25, 0.3) is 0 Å². The molecule has 0 saturated carbocycles. The van der Waals surface area contributed by atoms with Crippen molar-refractivity contribution < 1.29 is 14.4 Å². The largest absolute Gasteiger partial charge is 0.289 e. The molecule has 0 spiro atoms. The van der Waals surface area contributed by atoms with Crippen molar-refractivity contribution in [2.75, 3.05) is 0 Å². The summed E-state index contributed by atoms with van der Waals surface area (Å²) in [7, 11) is 0. The number of carbonyl (C=O) groups excluding carboxylic acids is 3. The maximum atomic E-state index is 13.2. The minimum absolute atomic E-state index is 0.230. The van der Waals surface area contributed by atoms with Crippen LogP contribution in [0.4, 0.5) is 0 Å². The summed E-state index contributed by atoms with van der Waals surface area (Å²) in [5, 5.41) is 0. The lowest BCUT2D eigenvalue weighted by molar-refractivity contribution is 0.103. The van der Waals surface area contributed by atoms with Crippen LogP contribution >= 0.6 is 0 Å². The van der Waals surface area contributed by atoms with Gasteiger partial charge in [-0.25, -0.2) is 0 Å². The lowest BCUT2D eigenvalue weighted by atomic mass is 9.92. The third-order valence-corrected chi connectivity index (χ3v) is 5.66. The second-order valence-electron chi connectivity index (χ2n) is 8.38. The van der Waals surface area contributed by atoms with E-state index in [9.17, 15) is 14.4 Å². The van der Waals surface area contributed by atoms with Gasteiger partial charge in [-0.3, -0.25) is 14.4 Å². The van der Waals surface area contributed by atoms with Gasteiger partial charge in [0, 0.05) is 33.4 Å². The summed E-state index contributed by atoms with van der Waals surface area (Å²) in [6.07, 6.45) is 0. The number of rotatable bonds is 6. The fourth-order valence-corrected chi connectivity index (χ4v) is 3.64. The highest BCUT2D eigenvalue weighted by Crippen LogP contribution is 2.21. The third kappa shape index (κ3) is 4.88. The lowest BCUT2D eigenvalue weighted by Gasteiger charge is -2.10. The molecule has 0 aliphatic rings. The predicted octanol–water partition coefficient (Wildman–Crippen LogP) is 6.30. The SMILES string of the molecule is Cc1ccc(C(=O)c2cc(C(=O)c3ccc(C)cc3)cc(C(=O)c3ccc(C)cc3)c2)cc1. The van der Waals surface area contributed by atoms with Gasteiger partial charge >= 0.3 is 0 Å². The summed E-state index contributed by atoms with van der Waals surface area (Å²) < 4.78 is 0. The smallest absolute Gasteiger partial charge is 0.193 e. The van der Waals surface area contributed by atoms with Crippen molar-refractivity contribution in [2.45, 2.75) is 20.8 Å². The summed E-state index contributed by atoms with van der Waals surface area (Å²) in [5.41, 5.74) is 5.60. The average molecular weight is 433 g/mol. The normalized spacial score (nSPS) is 10.6. The minimum Gasteiger partial charge on any atom is -0.289 e. The molecule has 3 nitrogen and oxygen atoms in total. The third-order valence-electron chi connectivity index (χ3n) is 5.66. The summed E-state index contributed by atoms with van der Waals surface area (Å²) in [5.74, 6) is -0.690. The van der Waals surface area contributed by atoms with Gasteiger partial charge < -0.3 is 0 Å². The van der Waals surface area contributed by atoms with E-state index in [2.05, 4.69) is 0 Å². The molecule has 0 radical (unpaired) electrons. The maximum absolute atomic E-state index is 13.2. The van der Waals surface area contributed by atoms with E-state index in [0.29, 0.717) is 33.4 Å². The van der Waals surface area contributed by atoms with Gasteiger partial charge in [-0.15, -0.1) is 0 Å². The second kappa shape index (κ2) is 9.17. The first-order valence-electron chi connectivity index (χ1n) is 10.8.